The topological polar surface area (TPSA) is 78.7 Å². The van der Waals surface area contributed by atoms with Crippen molar-refractivity contribution in [2.45, 2.75) is 39.7 Å². The summed E-state index contributed by atoms with van der Waals surface area (Å²) < 4.78 is 62.5. The van der Waals surface area contributed by atoms with Gasteiger partial charge in [0.05, 0.1) is 18.0 Å². The third-order valence-electron chi connectivity index (χ3n) is 7.00. The maximum Gasteiger partial charge on any atom is 0.271 e. The second kappa shape index (κ2) is 9.65. The van der Waals surface area contributed by atoms with Crippen LogP contribution >= 0.6 is 0 Å². The average molecular weight is 561 g/mol. The minimum absolute atomic E-state index is 0.0246. The summed E-state index contributed by atoms with van der Waals surface area (Å²) in [5.41, 5.74) is 4.13. The fourth-order valence-electron chi connectivity index (χ4n) is 5.01. The van der Waals surface area contributed by atoms with E-state index in [9.17, 15) is 13.2 Å². The Morgan fingerprint density at radius 2 is 1.59 bits per heavy atom. The summed E-state index contributed by atoms with van der Waals surface area (Å²) in [6, 6.07) is 8.95. The lowest BCUT2D eigenvalue weighted by molar-refractivity contribution is -0.0217. The predicted octanol–water partition coefficient (Wildman–Crippen LogP) is 6.29. The molecular formula is C29H24F4N8. The lowest BCUT2D eigenvalue weighted by Gasteiger charge is -2.24. The molecule has 0 bridgehead atoms. The van der Waals surface area contributed by atoms with E-state index in [0.717, 1.165) is 41.3 Å². The minimum Gasteiger partial charge on any atom is -0.286 e. The lowest BCUT2D eigenvalue weighted by Crippen LogP contribution is -2.29. The van der Waals surface area contributed by atoms with Crippen LogP contribution in [0.5, 0.6) is 0 Å². The minimum atomic E-state index is -3.22. The summed E-state index contributed by atoms with van der Waals surface area (Å²) in [4.78, 5) is 13.2. The second-order valence-electron chi connectivity index (χ2n) is 10.00. The van der Waals surface area contributed by atoms with Gasteiger partial charge in [-0.3, -0.25) is 9.25 Å². The van der Waals surface area contributed by atoms with Crippen LogP contribution < -0.4 is 0 Å². The van der Waals surface area contributed by atoms with Gasteiger partial charge in [0.2, 0.25) is 0 Å². The maximum absolute atomic E-state index is 15.1. The van der Waals surface area contributed by atoms with Crippen molar-refractivity contribution < 1.29 is 17.6 Å². The van der Waals surface area contributed by atoms with Gasteiger partial charge in [-0.15, -0.1) is 5.10 Å². The van der Waals surface area contributed by atoms with Crippen LogP contribution in [-0.2, 0) is 0 Å². The molecule has 1 aromatic carbocycles. The fourth-order valence-corrected chi connectivity index (χ4v) is 5.01. The van der Waals surface area contributed by atoms with E-state index in [-0.39, 0.29) is 17.1 Å². The van der Waals surface area contributed by atoms with Gasteiger partial charge in [-0.05, 0) is 56.7 Å². The highest BCUT2D eigenvalue weighted by Crippen LogP contribution is 2.35. The highest BCUT2D eigenvalue weighted by atomic mass is 19.3. The van der Waals surface area contributed by atoms with E-state index in [1.54, 1.807) is 23.7 Å². The number of nitrogens with zero attached hydrogens (tertiary/aromatic N) is 8. The van der Waals surface area contributed by atoms with E-state index in [1.165, 1.54) is 24.5 Å². The number of benzene rings is 1. The molecule has 0 saturated heterocycles. The first-order valence-corrected chi connectivity index (χ1v) is 12.7. The molecule has 6 aromatic rings. The van der Waals surface area contributed by atoms with Gasteiger partial charge in [-0.1, -0.05) is 12.1 Å². The first-order valence-electron chi connectivity index (χ1n) is 12.7. The Hall–Kier alpha value is -4.87. The molecule has 208 valence electrons. The summed E-state index contributed by atoms with van der Waals surface area (Å²) in [6.07, 6.45) is 5.41. The molecule has 5 heterocycles. The first-order chi connectivity index (χ1) is 19.5. The summed E-state index contributed by atoms with van der Waals surface area (Å²) >= 11 is 0. The number of pyridine rings is 1. The highest BCUT2D eigenvalue weighted by molar-refractivity contribution is 5.72. The normalized spacial score (nSPS) is 12.8. The predicted molar refractivity (Wildman–Crippen MR) is 144 cm³/mol. The summed E-state index contributed by atoms with van der Waals surface area (Å²) in [5.74, 6) is -3.83. The zero-order chi connectivity index (χ0) is 29.1. The first kappa shape index (κ1) is 26.4. The molecule has 0 spiro atoms. The van der Waals surface area contributed by atoms with Crippen molar-refractivity contribution in [1.82, 2.24) is 38.9 Å². The number of fused-ring (bicyclic) bond motifs is 1. The molecule has 6 rings (SSSR count). The maximum atomic E-state index is 15.1. The molecule has 0 aliphatic carbocycles. The van der Waals surface area contributed by atoms with Crippen molar-refractivity contribution in [3.05, 3.63) is 101 Å². The van der Waals surface area contributed by atoms with Crippen LogP contribution in [0, 0.1) is 32.4 Å². The van der Waals surface area contributed by atoms with Crippen LogP contribution in [0.1, 0.15) is 35.5 Å². The Morgan fingerprint density at radius 3 is 2.27 bits per heavy atom. The van der Waals surface area contributed by atoms with Gasteiger partial charge in [-0.25, -0.2) is 32.0 Å². The molecule has 0 aliphatic heterocycles. The number of hydrogen-bond donors (Lipinski definition) is 0. The summed E-state index contributed by atoms with van der Waals surface area (Å²) in [5, 5.41) is 8.71. The van der Waals surface area contributed by atoms with E-state index in [2.05, 4.69) is 20.2 Å². The quantitative estimate of drug-likeness (QED) is 0.224. The molecule has 8 nitrogen and oxygen atoms in total. The van der Waals surface area contributed by atoms with Gasteiger partial charge < -0.3 is 0 Å². The molecule has 0 unspecified atom stereocenters. The van der Waals surface area contributed by atoms with Gasteiger partial charge >= 0.3 is 0 Å². The van der Waals surface area contributed by atoms with Crippen molar-refractivity contribution in [3.8, 4) is 28.6 Å². The van der Waals surface area contributed by atoms with Gasteiger partial charge in [0.15, 0.2) is 17.3 Å². The molecule has 0 fully saturated rings. The molecule has 1 atom stereocenters. The Balaban J connectivity index is 1.39. The van der Waals surface area contributed by atoms with Crippen molar-refractivity contribution in [3.63, 3.8) is 0 Å². The number of hydrogen-bond acceptors (Lipinski definition) is 5. The third-order valence-corrected chi connectivity index (χ3v) is 7.00. The second-order valence-corrected chi connectivity index (χ2v) is 10.00. The molecule has 0 saturated carbocycles. The monoisotopic (exact) mass is 560 g/mol. The van der Waals surface area contributed by atoms with E-state index >= 15 is 4.39 Å². The Morgan fingerprint density at radius 1 is 0.878 bits per heavy atom. The van der Waals surface area contributed by atoms with Gasteiger partial charge in [0.1, 0.15) is 17.6 Å². The Kier molecular flexibility index (Phi) is 6.20. The van der Waals surface area contributed by atoms with Crippen molar-refractivity contribution in [2.24, 2.45) is 0 Å². The van der Waals surface area contributed by atoms with Crippen molar-refractivity contribution >= 4 is 5.65 Å². The van der Waals surface area contributed by atoms with Crippen LogP contribution in [0.4, 0.5) is 17.6 Å². The van der Waals surface area contributed by atoms with E-state index in [0.29, 0.717) is 28.3 Å². The molecule has 12 heteroatoms. The standard InChI is InChI=1S/C29H24F4N8/c1-16-5-6-17(2)41(16)28-37-27-18(3)22(11-12-39(27)38-28)24-23(31)14-34-26(36-24)20-13-35-40(15-20)25(29(4,32)33)19-7-9-21(30)10-8-19/h5-15,25H,1-4H3/t25-/m1/s1. The highest BCUT2D eigenvalue weighted by Gasteiger charge is 2.38. The molecule has 41 heavy (non-hydrogen) atoms. The van der Waals surface area contributed by atoms with Gasteiger partial charge in [0, 0.05) is 41.8 Å². The van der Waals surface area contributed by atoms with Crippen LogP contribution in [0.2, 0.25) is 0 Å². The number of rotatable bonds is 6. The smallest absolute Gasteiger partial charge is 0.271 e. The molecule has 0 amide bonds. The summed E-state index contributed by atoms with van der Waals surface area (Å²) in [7, 11) is 0. The van der Waals surface area contributed by atoms with Gasteiger partial charge in [-0.2, -0.15) is 10.1 Å². The number of halogens is 4. The Bertz CT molecular complexity index is 1880. The Labute approximate surface area is 232 Å². The zero-order valence-corrected chi connectivity index (χ0v) is 22.5. The van der Waals surface area contributed by atoms with Crippen molar-refractivity contribution in [1.29, 1.82) is 0 Å². The zero-order valence-electron chi connectivity index (χ0n) is 22.5. The fraction of sp³-hybridized carbons (Fsp3) is 0.207. The molecule has 0 aliphatic rings. The van der Waals surface area contributed by atoms with E-state index < -0.39 is 23.6 Å². The molecular weight excluding hydrogens is 536 g/mol. The van der Waals surface area contributed by atoms with E-state index in [4.69, 9.17) is 4.98 Å². The molecule has 5 aromatic heterocycles. The van der Waals surface area contributed by atoms with Gasteiger partial charge in [0.25, 0.3) is 11.9 Å². The van der Waals surface area contributed by atoms with E-state index in [1.807, 2.05) is 30.5 Å². The number of alkyl halides is 2. The van der Waals surface area contributed by atoms with Crippen LogP contribution in [-0.4, -0.2) is 44.8 Å². The summed E-state index contributed by atoms with van der Waals surface area (Å²) in [6.45, 7) is 6.48. The lowest BCUT2D eigenvalue weighted by atomic mass is 10.0. The molecule has 0 N–H and O–H groups in total. The SMILES string of the molecule is Cc1c(-c2nc(-c3cnn([C@H](c4ccc(F)cc4)C(C)(F)F)c3)ncc2F)ccn2nc(-n3c(C)ccc3C)nc12. The van der Waals surface area contributed by atoms with Crippen LogP contribution in [0.15, 0.2) is 67.3 Å². The number of aryl methyl sites for hydroxylation is 3. The largest absolute Gasteiger partial charge is 0.286 e. The number of aromatic nitrogens is 8. The van der Waals surface area contributed by atoms with Crippen LogP contribution in [0.25, 0.3) is 34.2 Å². The molecule has 0 radical (unpaired) electrons. The van der Waals surface area contributed by atoms with Crippen LogP contribution in [0.3, 0.4) is 0 Å². The third kappa shape index (κ3) is 4.64. The van der Waals surface area contributed by atoms with Crippen molar-refractivity contribution in [2.75, 3.05) is 0 Å². The average Bonchev–Trinajstić information content (AvgIpc) is 3.64.